The second kappa shape index (κ2) is 5.05. The number of nitrogens with zero attached hydrogens (tertiary/aromatic N) is 4. The zero-order chi connectivity index (χ0) is 13.9. The topological polar surface area (TPSA) is 60.7 Å². The Morgan fingerprint density at radius 1 is 1.10 bits per heavy atom. The molecule has 1 heterocycles. The van der Waals surface area contributed by atoms with Gasteiger partial charge in [-0.15, -0.1) is 15.0 Å². The molecule has 0 amide bonds. The minimum absolute atomic E-state index is 0.531. The van der Waals surface area contributed by atoms with Crippen LogP contribution in [0.1, 0.15) is 15.9 Å². The molecule has 0 fully saturated rings. The van der Waals surface area contributed by atoms with E-state index in [1.54, 1.807) is 6.07 Å². The molecular formula is C15H12N4O. The van der Waals surface area contributed by atoms with E-state index in [4.69, 9.17) is 0 Å². The van der Waals surface area contributed by atoms with Gasteiger partial charge in [0.1, 0.15) is 0 Å². The van der Waals surface area contributed by atoms with Crippen LogP contribution in [0.3, 0.4) is 0 Å². The van der Waals surface area contributed by atoms with Crippen LogP contribution >= 0.6 is 0 Å². The Hall–Kier alpha value is -2.82. The van der Waals surface area contributed by atoms with Crippen LogP contribution in [0.5, 0.6) is 0 Å². The van der Waals surface area contributed by atoms with Crippen LogP contribution in [0.15, 0.2) is 48.5 Å². The first-order valence-electron chi connectivity index (χ1n) is 6.19. The van der Waals surface area contributed by atoms with Gasteiger partial charge in [0.2, 0.25) is 5.82 Å². The standard InChI is InChI=1S/C15H12N4O/c1-11-7-8-14(13(9-11)10-20)19-17-15(16-18-19)12-5-3-2-4-6-12/h2-10H,1H3. The van der Waals surface area contributed by atoms with E-state index in [9.17, 15) is 4.79 Å². The monoisotopic (exact) mass is 264 g/mol. The van der Waals surface area contributed by atoms with Gasteiger partial charge in [0.25, 0.3) is 0 Å². The highest BCUT2D eigenvalue weighted by Gasteiger charge is 2.10. The minimum atomic E-state index is 0.531. The molecule has 0 bridgehead atoms. The van der Waals surface area contributed by atoms with Crippen molar-refractivity contribution in [2.24, 2.45) is 0 Å². The Balaban J connectivity index is 2.05. The number of aryl methyl sites for hydroxylation is 1. The fourth-order valence-electron chi connectivity index (χ4n) is 1.97. The highest BCUT2D eigenvalue weighted by Crippen LogP contribution is 2.16. The van der Waals surface area contributed by atoms with E-state index in [0.717, 1.165) is 17.4 Å². The lowest BCUT2D eigenvalue weighted by molar-refractivity contribution is 0.112. The molecule has 0 N–H and O–H groups in total. The molecule has 98 valence electrons. The first-order chi connectivity index (χ1) is 9.78. The lowest BCUT2D eigenvalue weighted by atomic mass is 10.1. The predicted octanol–water partition coefficient (Wildman–Crippen LogP) is 2.45. The molecule has 0 aliphatic heterocycles. The van der Waals surface area contributed by atoms with Gasteiger partial charge in [-0.1, -0.05) is 42.0 Å². The fraction of sp³-hybridized carbons (Fsp3) is 0.0667. The van der Waals surface area contributed by atoms with Crippen molar-refractivity contribution in [2.45, 2.75) is 6.92 Å². The molecule has 5 heteroatoms. The van der Waals surface area contributed by atoms with Crippen LogP contribution < -0.4 is 0 Å². The third-order valence-electron chi connectivity index (χ3n) is 2.97. The number of benzene rings is 2. The number of hydrogen-bond acceptors (Lipinski definition) is 4. The lowest BCUT2D eigenvalue weighted by Gasteiger charge is -2.03. The third kappa shape index (κ3) is 2.21. The summed E-state index contributed by atoms with van der Waals surface area (Å²) in [6.45, 7) is 1.93. The molecular weight excluding hydrogens is 252 g/mol. The van der Waals surface area contributed by atoms with E-state index in [0.29, 0.717) is 17.1 Å². The number of carbonyl (C=O) groups excluding carboxylic acids is 1. The van der Waals surface area contributed by atoms with Gasteiger partial charge in [-0.05, 0) is 24.3 Å². The van der Waals surface area contributed by atoms with Gasteiger partial charge in [-0.25, -0.2) is 0 Å². The number of aromatic nitrogens is 4. The highest BCUT2D eigenvalue weighted by atomic mass is 16.1. The maximum absolute atomic E-state index is 11.1. The number of aldehydes is 1. The van der Waals surface area contributed by atoms with E-state index in [1.165, 1.54) is 4.80 Å². The van der Waals surface area contributed by atoms with E-state index in [-0.39, 0.29) is 0 Å². The molecule has 2 aromatic carbocycles. The molecule has 0 saturated carbocycles. The van der Waals surface area contributed by atoms with Gasteiger partial charge in [-0.3, -0.25) is 4.79 Å². The Morgan fingerprint density at radius 2 is 1.90 bits per heavy atom. The zero-order valence-electron chi connectivity index (χ0n) is 10.9. The van der Waals surface area contributed by atoms with E-state index in [1.807, 2.05) is 49.4 Å². The predicted molar refractivity (Wildman–Crippen MR) is 74.7 cm³/mol. The summed E-state index contributed by atoms with van der Waals surface area (Å²) < 4.78 is 0. The molecule has 3 rings (SSSR count). The molecule has 0 saturated heterocycles. The second-order valence-electron chi connectivity index (χ2n) is 4.45. The summed E-state index contributed by atoms with van der Waals surface area (Å²) >= 11 is 0. The van der Waals surface area contributed by atoms with Gasteiger partial charge in [0.15, 0.2) is 6.29 Å². The molecule has 3 aromatic rings. The van der Waals surface area contributed by atoms with Gasteiger partial charge < -0.3 is 0 Å². The minimum Gasteiger partial charge on any atom is -0.298 e. The van der Waals surface area contributed by atoms with Crippen molar-refractivity contribution in [1.29, 1.82) is 0 Å². The maximum Gasteiger partial charge on any atom is 0.205 e. The molecule has 0 aliphatic rings. The molecule has 0 atom stereocenters. The average molecular weight is 264 g/mol. The van der Waals surface area contributed by atoms with Gasteiger partial charge in [0, 0.05) is 11.1 Å². The Bertz CT molecular complexity index is 750. The number of carbonyl (C=O) groups is 1. The fourth-order valence-corrected chi connectivity index (χ4v) is 1.97. The van der Waals surface area contributed by atoms with Crippen molar-refractivity contribution in [3.63, 3.8) is 0 Å². The van der Waals surface area contributed by atoms with Crippen molar-refractivity contribution >= 4 is 6.29 Å². The Kier molecular flexibility index (Phi) is 3.09. The van der Waals surface area contributed by atoms with Gasteiger partial charge in [-0.2, -0.15) is 0 Å². The summed E-state index contributed by atoms with van der Waals surface area (Å²) in [5.41, 5.74) is 3.07. The highest BCUT2D eigenvalue weighted by molar-refractivity contribution is 5.81. The number of hydrogen-bond donors (Lipinski definition) is 0. The smallest absolute Gasteiger partial charge is 0.205 e. The summed E-state index contributed by atoms with van der Waals surface area (Å²) in [5.74, 6) is 0.531. The molecule has 20 heavy (non-hydrogen) atoms. The molecule has 0 radical (unpaired) electrons. The third-order valence-corrected chi connectivity index (χ3v) is 2.97. The maximum atomic E-state index is 11.1. The molecule has 0 aliphatic carbocycles. The lowest BCUT2D eigenvalue weighted by Crippen LogP contribution is -2.03. The summed E-state index contributed by atoms with van der Waals surface area (Å²) in [7, 11) is 0. The molecule has 0 spiro atoms. The van der Waals surface area contributed by atoms with Crippen LogP contribution in [0.4, 0.5) is 0 Å². The van der Waals surface area contributed by atoms with Crippen LogP contribution in [-0.4, -0.2) is 26.5 Å². The van der Waals surface area contributed by atoms with Crippen molar-refractivity contribution in [2.75, 3.05) is 0 Å². The quantitative estimate of drug-likeness (QED) is 0.682. The van der Waals surface area contributed by atoms with Crippen LogP contribution in [-0.2, 0) is 0 Å². The molecule has 5 nitrogen and oxygen atoms in total. The normalized spacial score (nSPS) is 10.4. The second-order valence-corrected chi connectivity index (χ2v) is 4.45. The first kappa shape index (κ1) is 12.2. The summed E-state index contributed by atoms with van der Waals surface area (Å²) in [6.07, 6.45) is 0.799. The van der Waals surface area contributed by atoms with Crippen molar-refractivity contribution in [3.8, 4) is 17.1 Å². The zero-order valence-corrected chi connectivity index (χ0v) is 10.9. The van der Waals surface area contributed by atoms with Crippen LogP contribution in [0.2, 0.25) is 0 Å². The SMILES string of the molecule is Cc1ccc(-n2nnc(-c3ccccc3)n2)c(C=O)c1. The Labute approximate surface area is 115 Å². The molecule has 1 aromatic heterocycles. The van der Waals surface area contributed by atoms with Crippen LogP contribution in [0, 0.1) is 6.92 Å². The van der Waals surface area contributed by atoms with Crippen molar-refractivity contribution in [1.82, 2.24) is 20.2 Å². The summed E-state index contributed by atoms with van der Waals surface area (Å²) in [6, 6.07) is 15.1. The summed E-state index contributed by atoms with van der Waals surface area (Å²) in [5, 5.41) is 12.4. The van der Waals surface area contributed by atoms with E-state index in [2.05, 4.69) is 15.4 Å². The van der Waals surface area contributed by atoms with Gasteiger partial charge in [0.05, 0.1) is 5.69 Å². The van der Waals surface area contributed by atoms with E-state index >= 15 is 0 Å². The average Bonchev–Trinajstić information content (AvgIpc) is 2.97. The number of tetrazole rings is 1. The van der Waals surface area contributed by atoms with Crippen molar-refractivity contribution < 1.29 is 4.79 Å². The number of rotatable bonds is 3. The van der Waals surface area contributed by atoms with Crippen molar-refractivity contribution in [3.05, 3.63) is 59.7 Å². The Morgan fingerprint density at radius 3 is 2.65 bits per heavy atom. The van der Waals surface area contributed by atoms with Gasteiger partial charge >= 0.3 is 0 Å². The summed E-state index contributed by atoms with van der Waals surface area (Å²) in [4.78, 5) is 12.5. The first-order valence-corrected chi connectivity index (χ1v) is 6.19. The molecule has 0 unspecified atom stereocenters. The largest absolute Gasteiger partial charge is 0.298 e. The van der Waals surface area contributed by atoms with E-state index < -0.39 is 0 Å². The van der Waals surface area contributed by atoms with Crippen LogP contribution in [0.25, 0.3) is 17.1 Å².